The quantitative estimate of drug-likeness (QED) is 0.744. The molecular weight excluding hydrogens is 182 g/mol. The van der Waals surface area contributed by atoms with Crippen LogP contribution in [0.3, 0.4) is 0 Å². The van der Waals surface area contributed by atoms with Crippen molar-refractivity contribution in [3.8, 4) is 0 Å². The maximum Gasteiger partial charge on any atom is 0.356 e. The van der Waals surface area contributed by atoms with Crippen molar-refractivity contribution in [1.29, 1.82) is 0 Å². The Kier molecular flexibility index (Phi) is 2.15. The molecule has 2 rings (SSSR count). The highest BCUT2D eigenvalue weighted by Gasteiger charge is 2.21. The van der Waals surface area contributed by atoms with E-state index in [1.165, 1.54) is 18.9 Å². The van der Waals surface area contributed by atoms with Gasteiger partial charge in [-0.05, 0) is 12.8 Å². The normalized spacial score (nSPS) is 17.4. The van der Waals surface area contributed by atoms with E-state index in [-0.39, 0.29) is 5.69 Å². The van der Waals surface area contributed by atoms with Gasteiger partial charge in [0.1, 0.15) is 5.82 Å². The summed E-state index contributed by atoms with van der Waals surface area (Å²) in [7, 11) is 0. The second kappa shape index (κ2) is 3.32. The minimum absolute atomic E-state index is 0.0365. The minimum Gasteiger partial charge on any atom is -0.476 e. The van der Waals surface area contributed by atoms with Crippen molar-refractivity contribution in [1.82, 2.24) is 9.78 Å². The largest absolute Gasteiger partial charge is 0.476 e. The minimum atomic E-state index is -1.02. The van der Waals surface area contributed by atoms with E-state index < -0.39 is 5.97 Å². The van der Waals surface area contributed by atoms with Gasteiger partial charge in [0, 0.05) is 6.07 Å². The first kappa shape index (κ1) is 9.05. The lowest BCUT2D eigenvalue weighted by molar-refractivity contribution is 0.0689. The molecule has 3 N–H and O–H groups in total. The Bertz CT molecular complexity index is 353. The highest BCUT2D eigenvalue weighted by Crippen LogP contribution is 2.30. The lowest BCUT2D eigenvalue weighted by Gasteiger charge is -2.10. The number of hydrogen-bond donors (Lipinski definition) is 2. The number of carboxylic acid groups (broad SMARTS) is 1. The Morgan fingerprint density at radius 3 is 2.71 bits per heavy atom. The highest BCUT2D eigenvalue weighted by molar-refractivity contribution is 5.86. The zero-order chi connectivity index (χ0) is 10.1. The molecule has 0 unspecified atom stereocenters. The fraction of sp³-hybridized carbons (Fsp3) is 0.556. The van der Waals surface area contributed by atoms with Crippen molar-refractivity contribution < 1.29 is 9.90 Å². The highest BCUT2D eigenvalue weighted by atomic mass is 16.4. The fourth-order valence-electron chi connectivity index (χ4n) is 1.95. The van der Waals surface area contributed by atoms with Crippen LogP contribution >= 0.6 is 0 Å². The van der Waals surface area contributed by atoms with Crippen LogP contribution in [-0.4, -0.2) is 20.9 Å². The van der Waals surface area contributed by atoms with Gasteiger partial charge >= 0.3 is 5.97 Å². The molecule has 0 atom stereocenters. The molecule has 0 amide bonds. The summed E-state index contributed by atoms with van der Waals surface area (Å²) in [5, 5.41) is 12.7. The number of aromatic carboxylic acids is 1. The number of hydrogen-bond acceptors (Lipinski definition) is 3. The number of nitrogens with zero attached hydrogens (tertiary/aromatic N) is 2. The smallest absolute Gasteiger partial charge is 0.356 e. The number of anilines is 1. The molecule has 0 saturated heterocycles. The third-order valence-electron chi connectivity index (χ3n) is 2.65. The summed E-state index contributed by atoms with van der Waals surface area (Å²) in [4.78, 5) is 10.6. The van der Waals surface area contributed by atoms with Gasteiger partial charge in [0.2, 0.25) is 0 Å². The molecule has 1 aromatic rings. The number of rotatable bonds is 2. The van der Waals surface area contributed by atoms with Crippen LogP contribution in [0.4, 0.5) is 5.82 Å². The van der Waals surface area contributed by atoms with Crippen molar-refractivity contribution in [2.24, 2.45) is 0 Å². The van der Waals surface area contributed by atoms with Gasteiger partial charge in [0.25, 0.3) is 0 Å². The summed E-state index contributed by atoms with van der Waals surface area (Å²) in [6.45, 7) is 0. The molecule has 0 bridgehead atoms. The van der Waals surface area contributed by atoms with Crippen LogP contribution in [0.1, 0.15) is 42.2 Å². The summed E-state index contributed by atoms with van der Waals surface area (Å²) in [6.07, 6.45) is 4.44. The average Bonchev–Trinajstić information content (AvgIpc) is 2.71. The van der Waals surface area contributed by atoms with Crippen molar-refractivity contribution in [3.63, 3.8) is 0 Å². The average molecular weight is 195 g/mol. The zero-order valence-corrected chi connectivity index (χ0v) is 7.81. The molecule has 0 radical (unpaired) electrons. The van der Waals surface area contributed by atoms with Gasteiger partial charge in [0.05, 0.1) is 6.04 Å². The van der Waals surface area contributed by atoms with Crippen LogP contribution in [0, 0.1) is 0 Å². The second-order valence-corrected chi connectivity index (χ2v) is 3.64. The van der Waals surface area contributed by atoms with Crippen molar-refractivity contribution in [2.45, 2.75) is 31.7 Å². The molecule has 1 aliphatic carbocycles. The number of nitrogens with two attached hydrogens (primary N) is 1. The van der Waals surface area contributed by atoms with Gasteiger partial charge in [-0.2, -0.15) is 5.10 Å². The Labute approximate surface area is 81.5 Å². The topological polar surface area (TPSA) is 81.1 Å². The van der Waals surface area contributed by atoms with E-state index in [2.05, 4.69) is 5.10 Å². The Hall–Kier alpha value is -1.52. The van der Waals surface area contributed by atoms with Crippen molar-refractivity contribution in [3.05, 3.63) is 11.8 Å². The first-order chi connectivity index (χ1) is 6.68. The number of aromatic nitrogens is 2. The molecule has 0 aliphatic heterocycles. The maximum absolute atomic E-state index is 10.6. The molecule has 14 heavy (non-hydrogen) atoms. The van der Waals surface area contributed by atoms with Crippen LogP contribution in [0.25, 0.3) is 0 Å². The fourth-order valence-corrected chi connectivity index (χ4v) is 1.95. The second-order valence-electron chi connectivity index (χ2n) is 3.64. The van der Waals surface area contributed by atoms with Gasteiger partial charge in [-0.3, -0.25) is 0 Å². The predicted molar refractivity (Wildman–Crippen MR) is 51.1 cm³/mol. The van der Waals surface area contributed by atoms with E-state index in [9.17, 15) is 4.79 Å². The molecule has 1 aliphatic rings. The SMILES string of the molecule is Nc1cc(C(=O)O)nn1C1CCCC1. The van der Waals surface area contributed by atoms with E-state index in [1.807, 2.05) is 0 Å². The molecule has 0 aromatic carbocycles. The lowest BCUT2D eigenvalue weighted by atomic mass is 10.2. The molecule has 5 nitrogen and oxygen atoms in total. The molecule has 1 fully saturated rings. The molecule has 76 valence electrons. The predicted octanol–water partition coefficient (Wildman–Crippen LogP) is 1.28. The number of nitrogen functional groups attached to an aromatic ring is 1. The van der Waals surface area contributed by atoms with E-state index >= 15 is 0 Å². The van der Waals surface area contributed by atoms with Crippen LogP contribution in [0.15, 0.2) is 6.07 Å². The molecule has 0 spiro atoms. The third kappa shape index (κ3) is 1.45. The Balaban J connectivity index is 2.28. The number of carboxylic acids is 1. The van der Waals surface area contributed by atoms with Gasteiger partial charge in [-0.25, -0.2) is 9.48 Å². The monoisotopic (exact) mass is 195 g/mol. The van der Waals surface area contributed by atoms with Crippen LogP contribution in [0.5, 0.6) is 0 Å². The Morgan fingerprint density at radius 1 is 1.57 bits per heavy atom. The summed E-state index contributed by atoms with van der Waals surface area (Å²) >= 11 is 0. The van der Waals surface area contributed by atoms with E-state index in [0.29, 0.717) is 11.9 Å². The molecule has 5 heteroatoms. The lowest BCUT2D eigenvalue weighted by Crippen LogP contribution is -2.10. The van der Waals surface area contributed by atoms with Gasteiger partial charge in [0.15, 0.2) is 5.69 Å². The Morgan fingerprint density at radius 2 is 2.21 bits per heavy atom. The van der Waals surface area contributed by atoms with Gasteiger partial charge in [-0.15, -0.1) is 0 Å². The van der Waals surface area contributed by atoms with Gasteiger partial charge in [-0.1, -0.05) is 12.8 Å². The first-order valence-electron chi connectivity index (χ1n) is 4.77. The molecular formula is C9H13N3O2. The summed E-state index contributed by atoms with van der Waals surface area (Å²) in [5.74, 6) is -0.567. The molecule has 1 heterocycles. The van der Waals surface area contributed by atoms with Gasteiger partial charge < -0.3 is 10.8 Å². The molecule has 1 saturated carbocycles. The van der Waals surface area contributed by atoms with E-state index in [0.717, 1.165) is 12.8 Å². The summed E-state index contributed by atoms with van der Waals surface area (Å²) in [5.41, 5.74) is 5.73. The van der Waals surface area contributed by atoms with Crippen molar-refractivity contribution >= 4 is 11.8 Å². The summed E-state index contributed by atoms with van der Waals surface area (Å²) in [6, 6.07) is 1.71. The van der Waals surface area contributed by atoms with Crippen LogP contribution < -0.4 is 5.73 Å². The van der Waals surface area contributed by atoms with Crippen LogP contribution in [-0.2, 0) is 0 Å². The third-order valence-corrected chi connectivity index (χ3v) is 2.65. The standard InChI is InChI=1S/C9H13N3O2/c10-8-5-7(9(13)14)11-12(8)6-3-1-2-4-6/h5-6H,1-4,10H2,(H,13,14). The zero-order valence-electron chi connectivity index (χ0n) is 7.81. The summed E-state index contributed by atoms with van der Waals surface area (Å²) < 4.78 is 1.65. The maximum atomic E-state index is 10.6. The van der Waals surface area contributed by atoms with Crippen LogP contribution in [0.2, 0.25) is 0 Å². The first-order valence-corrected chi connectivity index (χ1v) is 4.77. The van der Waals surface area contributed by atoms with E-state index in [1.54, 1.807) is 4.68 Å². The molecule has 1 aromatic heterocycles. The number of carbonyl (C=O) groups is 1. The van der Waals surface area contributed by atoms with E-state index in [4.69, 9.17) is 10.8 Å². The van der Waals surface area contributed by atoms with Crippen molar-refractivity contribution in [2.75, 3.05) is 5.73 Å².